The van der Waals surface area contributed by atoms with Crippen LogP contribution >= 0.6 is 15.9 Å². The number of morpholine rings is 1. The van der Waals surface area contributed by atoms with E-state index in [0.717, 1.165) is 0 Å². The van der Waals surface area contributed by atoms with Gasteiger partial charge >= 0.3 is 0 Å². The van der Waals surface area contributed by atoms with Crippen LogP contribution in [0.2, 0.25) is 0 Å². The second kappa shape index (κ2) is 8.56. The van der Waals surface area contributed by atoms with Crippen molar-refractivity contribution in [3.05, 3.63) is 52.3 Å². The van der Waals surface area contributed by atoms with Crippen molar-refractivity contribution in [2.24, 2.45) is 0 Å². The molecule has 28 heavy (non-hydrogen) atoms. The molecular formula is C18H18BrFN2O5S. The zero-order valence-corrected chi connectivity index (χ0v) is 17.3. The lowest BCUT2D eigenvalue weighted by molar-refractivity contribution is 0.0730. The van der Waals surface area contributed by atoms with Gasteiger partial charge in [-0.1, -0.05) is 15.9 Å². The average Bonchev–Trinajstić information content (AvgIpc) is 2.68. The standard InChI is InChI=1S/C18H18BrFN2O5S/c1-26-17-5-3-13(28(24,25)22-6-8-27-9-7-22)11-16(17)21-18(23)14-4-2-12(19)10-15(14)20/h2-5,10-11H,6-9H2,1H3,(H,21,23). The Morgan fingerprint density at radius 2 is 1.93 bits per heavy atom. The Balaban J connectivity index is 1.92. The van der Waals surface area contributed by atoms with Crippen molar-refractivity contribution in [3.63, 3.8) is 0 Å². The van der Waals surface area contributed by atoms with E-state index in [1.165, 1.54) is 47.8 Å². The van der Waals surface area contributed by atoms with Crippen molar-refractivity contribution in [1.82, 2.24) is 4.31 Å². The molecule has 1 saturated heterocycles. The quantitative estimate of drug-likeness (QED) is 0.722. The van der Waals surface area contributed by atoms with Crippen LogP contribution in [0.5, 0.6) is 5.75 Å². The van der Waals surface area contributed by atoms with Gasteiger partial charge in [0.15, 0.2) is 0 Å². The molecule has 0 unspecified atom stereocenters. The number of carbonyl (C=O) groups is 1. The Labute approximate surface area is 170 Å². The van der Waals surface area contributed by atoms with E-state index in [9.17, 15) is 17.6 Å². The molecule has 0 atom stereocenters. The molecule has 2 aromatic rings. The third-order valence-corrected chi connectivity index (χ3v) is 6.59. The van der Waals surface area contributed by atoms with Gasteiger partial charge in [-0.2, -0.15) is 4.31 Å². The summed E-state index contributed by atoms with van der Waals surface area (Å²) < 4.78 is 51.9. The minimum atomic E-state index is -3.76. The number of amides is 1. The summed E-state index contributed by atoms with van der Waals surface area (Å²) in [5.74, 6) is -1.17. The summed E-state index contributed by atoms with van der Waals surface area (Å²) in [5, 5.41) is 2.53. The number of rotatable bonds is 5. The van der Waals surface area contributed by atoms with Crippen molar-refractivity contribution < 1.29 is 27.1 Å². The zero-order valence-electron chi connectivity index (χ0n) is 14.9. The normalized spacial score (nSPS) is 15.2. The molecule has 3 rings (SSSR count). The third kappa shape index (κ3) is 4.35. The summed E-state index contributed by atoms with van der Waals surface area (Å²) >= 11 is 3.13. The fourth-order valence-corrected chi connectivity index (χ4v) is 4.51. The smallest absolute Gasteiger partial charge is 0.258 e. The lowest BCUT2D eigenvalue weighted by atomic mass is 10.2. The van der Waals surface area contributed by atoms with E-state index in [4.69, 9.17) is 9.47 Å². The van der Waals surface area contributed by atoms with Gasteiger partial charge in [0.25, 0.3) is 5.91 Å². The maximum absolute atomic E-state index is 14.1. The second-order valence-corrected chi connectivity index (χ2v) is 8.81. The van der Waals surface area contributed by atoms with Crippen LogP contribution in [0.25, 0.3) is 0 Å². The van der Waals surface area contributed by atoms with Crippen molar-refractivity contribution in [1.29, 1.82) is 0 Å². The molecule has 0 saturated carbocycles. The SMILES string of the molecule is COc1ccc(S(=O)(=O)N2CCOCC2)cc1NC(=O)c1ccc(Br)cc1F. The van der Waals surface area contributed by atoms with E-state index < -0.39 is 21.7 Å². The fourth-order valence-electron chi connectivity index (χ4n) is 2.74. The third-order valence-electron chi connectivity index (χ3n) is 4.20. The van der Waals surface area contributed by atoms with Crippen LogP contribution in [0.15, 0.2) is 45.8 Å². The first-order valence-corrected chi connectivity index (χ1v) is 10.6. The lowest BCUT2D eigenvalue weighted by Gasteiger charge is -2.26. The highest BCUT2D eigenvalue weighted by atomic mass is 79.9. The molecule has 0 bridgehead atoms. The molecule has 2 aromatic carbocycles. The molecule has 1 fully saturated rings. The summed E-state index contributed by atoms with van der Waals surface area (Å²) in [7, 11) is -2.37. The molecule has 0 spiro atoms. The number of hydrogen-bond acceptors (Lipinski definition) is 5. The summed E-state index contributed by atoms with van der Waals surface area (Å²) in [6.07, 6.45) is 0. The molecule has 1 N–H and O–H groups in total. The van der Waals surface area contributed by atoms with Crippen molar-refractivity contribution in [2.75, 3.05) is 38.7 Å². The van der Waals surface area contributed by atoms with Gasteiger partial charge in [-0.3, -0.25) is 4.79 Å². The maximum atomic E-state index is 14.1. The van der Waals surface area contributed by atoms with E-state index in [2.05, 4.69) is 21.2 Å². The minimum Gasteiger partial charge on any atom is -0.495 e. The van der Waals surface area contributed by atoms with Crippen molar-refractivity contribution >= 4 is 37.5 Å². The number of sulfonamides is 1. The molecule has 1 amide bonds. The zero-order chi connectivity index (χ0) is 20.3. The molecule has 0 aliphatic carbocycles. The highest BCUT2D eigenvalue weighted by Crippen LogP contribution is 2.30. The Morgan fingerprint density at radius 3 is 2.57 bits per heavy atom. The van der Waals surface area contributed by atoms with E-state index >= 15 is 0 Å². The Hall–Kier alpha value is -2.01. The number of benzene rings is 2. The first kappa shape index (κ1) is 20.7. The van der Waals surface area contributed by atoms with Gasteiger partial charge in [-0.15, -0.1) is 0 Å². The van der Waals surface area contributed by atoms with E-state index in [1.807, 2.05) is 0 Å². The number of anilines is 1. The largest absolute Gasteiger partial charge is 0.495 e. The van der Waals surface area contributed by atoms with Crippen LogP contribution in [0.3, 0.4) is 0 Å². The van der Waals surface area contributed by atoms with Gasteiger partial charge in [-0.05, 0) is 36.4 Å². The molecule has 1 heterocycles. The lowest BCUT2D eigenvalue weighted by Crippen LogP contribution is -2.40. The summed E-state index contributed by atoms with van der Waals surface area (Å²) in [6.45, 7) is 1.14. The molecule has 1 aliphatic heterocycles. The predicted molar refractivity (Wildman–Crippen MR) is 105 cm³/mol. The number of ether oxygens (including phenoxy) is 2. The van der Waals surface area contributed by atoms with E-state index in [0.29, 0.717) is 17.7 Å². The first-order valence-electron chi connectivity index (χ1n) is 8.35. The highest BCUT2D eigenvalue weighted by molar-refractivity contribution is 9.10. The number of nitrogens with one attached hydrogen (secondary N) is 1. The monoisotopic (exact) mass is 472 g/mol. The second-order valence-electron chi connectivity index (χ2n) is 5.96. The molecule has 10 heteroatoms. The van der Waals surface area contributed by atoms with Crippen molar-refractivity contribution in [2.45, 2.75) is 4.90 Å². The van der Waals surface area contributed by atoms with Gasteiger partial charge < -0.3 is 14.8 Å². The van der Waals surface area contributed by atoms with Gasteiger partial charge in [-0.25, -0.2) is 12.8 Å². The highest BCUT2D eigenvalue weighted by Gasteiger charge is 2.27. The fraction of sp³-hybridized carbons (Fsp3) is 0.278. The maximum Gasteiger partial charge on any atom is 0.258 e. The van der Waals surface area contributed by atoms with Gasteiger partial charge in [0.2, 0.25) is 10.0 Å². The molecule has 0 aromatic heterocycles. The Kier molecular flexibility index (Phi) is 6.33. The molecular weight excluding hydrogens is 455 g/mol. The van der Waals surface area contributed by atoms with Gasteiger partial charge in [0.1, 0.15) is 11.6 Å². The van der Waals surface area contributed by atoms with Gasteiger partial charge in [0.05, 0.1) is 36.5 Å². The number of halogens is 2. The van der Waals surface area contributed by atoms with Crippen LogP contribution in [0.1, 0.15) is 10.4 Å². The van der Waals surface area contributed by atoms with E-state index in [1.54, 1.807) is 0 Å². The number of nitrogens with zero attached hydrogens (tertiary/aromatic N) is 1. The topological polar surface area (TPSA) is 84.9 Å². The number of methoxy groups -OCH3 is 1. The number of carbonyl (C=O) groups excluding carboxylic acids is 1. The van der Waals surface area contributed by atoms with Crippen LogP contribution in [-0.4, -0.2) is 52.0 Å². The minimum absolute atomic E-state index is 0.00165. The predicted octanol–water partition coefficient (Wildman–Crippen LogP) is 2.87. The van der Waals surface area contributed by atoms with Crippen LogP contribution in [0.4, 0.5) is 10.1 Å². The van der Waals surface area contributed by atoms with Crippen LogP contribution < -0.4 is 10.1 Å². The number of hydrogen-bond donors (Lipinski definition) is 1. The molecule has 0 radical (unpaired) electrons. The van der Waals surface area contributed by atoms with Crippen molar-refractivity contribution in [3.8, 4) is 5.75 Å². The molecule has 7 nitrogen and oxygen atoms in total. The molecule has 1 aliphatic rings. The summed E-state index contributed by atoms with van der Waals surface area (Å²) in [6, 6.07) is 8.19. The average molecular weight is 473 g/mol. The van der Waals surface area contributed by atoms with Crippen LogP contribution in [0, 0.1) is 5.82 Å². The molecule has 150 valence electrons. The van der Waals surface area contributed by atoms with E-state index in [-0.39, 0.29) is 35.0 Å². The Morgan fingerprint density at radius 1 is 1.21 bits per heavy atom. The first-order chi connectivity index (χ1) is 13.3. The summed E-state index contributed by atoms with van der Waals surface area (Å²) in [5.41, 5.74) is -0.0455. The van der Waals surface area contributed by atoms with Gasteiger partial charge in [0, 0.05) is 17.6 Å². The Bertz CT molecular complexity index is 993. The van der Waals surface area contributed by atoms with Crippen LogP contribution in [-0.2, 0) is 14.8 Å². The summed E-state index contributed by atoms with van der Waals surface area (Å²) in [4.78, 5) is 12.5.